The summed E-state index contributed by atoms with van der Waals surface area (Å²) in [5.41, 5.74) is 1.55. The van der Waals surface area contributed by atoms with Crippen molar-refractivity contribution < 1.29 is 5.11 Å². The summed E-state index contributed by atoms with van der Waals surface area (Å²) in [5, 5.41) is 13.6. The Balaban J connectivity index is 2.56. The second kappa shape index (κ2) is 4.37. The molecule has 1 fully saturated rings. The van der Waals surface area contributed by atoms with E-state index in [-0.39, 0.29) is 0 Å². The molecule has 101 valence electrons. The van der Waals surface area contributed by atoms with Gasteiger partial charge in [-0.05, 0) is 29.7 Å². The Kier molecular flexibility index (Phi) is 3.43. The van der Waals surface area contributed by atoms with Gasteiger partial charge in [0, 0.05) is 5.92 Å². The highest BCUT2D eigenvalue weighted by atomic mass is 28.3. The zero-order chi connectivity index (χ0) is 13.7. The third-order valence-corrected chi connectivity index (χ3v) is 8.12. The lowest BCUT2D eigenvalue weighted by molar-refractivity contribution is 0.427. The standard InChI is InChI=1S/C15H27OSi2/c1-17(2,3)14-11-9-7-8-10-12(11)15(13(14)16)18(4,5)6/h16H,7-10H2,1-6H3. The van der Waals surface area contributed by atoms with E-state index in [4.69, 9.17) is 0 Å². The van der Waals surface area contributed by atoms with Crippen LogP contribution in [0, 0.1) is 5.92 Å². The average Bonchev–Trinajstić information content (AvgIpc) is 2.47. The SMILES string of the molecule is C[Si](C)(C)C1=C(O)C([Si](C)(C)C)=C2CCCC[C]21. The maximum atomic E-state index is 10.8. The molecule has 1 N–H and O–H groups in total. The maximum absolute atomic E-state index is 10.8. The highest BCUT2D eigenvalue weighted by molar-refractivity contribution is 6.87. The van der Waals surface area contributed by atoms with E-state index in [1.807, 2.05) is 0 Å². The van der Waals surface area contributed by atoms with Gasteiger partial charge in [0.15, 0.2) is 0 Å². The fraction of sp³-hybridized carbons (Fsp3) is 0.667. The zero-order valence-corrected chi connectivity index (χ0v) is 14.8. The van der Waals surface area contributed by atoms with E-state index in [1.54, 1.807) is 11.5 Å². The number of hydrogen-bond donors (Lipinski definition) is 1. The first-order chi connectivity index (χ1) is 8.14. The van der Waals surface area contributed by atoms with Crippen LogP contribution in [0.15, 0.2) is 21.7 Å². The van der Waals surface area contributed by atoms with Crippen LogP contribution in [0.3, 0.4) is 0 Å². The van der Waals surface area contributed by atoms with Crippen molar-refractivity contribution in [3.8, 4) is 0 Å². The number of aliphatic hydroxyl groups is 1. The summed E-state index contributed by atoms with van der Waals surface area (Å²) in [6, 6.07) is 0. The molecule has 0 aromatic rings. The topological polar surface area (TPSA) is 20.2 Å². The van der Waals surface area contributed by atoms with Crippen LogP contribution in [0.1, 0.15) is 25.7 Å². The average molecular weight is 280 g/mol. The minimum absolute atomic E-state index is 0.709. The van der Waals surface area contributed by atoms with Crippen LogP contribution < -0.4 is 0 Å². The smallest absolute Gasteiger partial charge is 0.111 e. The van der Waals surface area contributed by atoms with E-state index in [0.717, 1.165) is 0 Å². The molecule has 2 aliphatic rings. The van der Waals surface area contributed by atoms with E-state index in [2.05, 4.69) is 39.3 Å². The molecule has 0 atom stereocenters. The van der Waals surface area contributed by atoms with Gasteiger partial charge in [0.1, 0.15) is 5.76 Å². The number of fused-ring (bicyclic) bond motifs is 1. The van der Waals surface area contributed by atoms with Crippen LogP contribution in [-0.2, 0) is 0 Å². The first-order valence-electron chi connectivity index (χ1n) is 7.18. The van der Waals surface area contributed by atoms with Crippen molar-refractivity contribution in [1.29, 1.82) is 0 Å². The molecule has 0 unspecified atom stereocenters. The van der Waals surface area contributed by atoms with Gasteiger partial charge in [-0.1, -0.05) is 51.3 Å². The van der Waals surface area contributed by atoms with Crippen LogP contribution in [0.25, 0.3) is 0 Å². The van der Waals surface area contributed by atoms with Gasteiger partial charge in [-0.3, -0.25) is 0 Å². The Morgan fingerprint density at radius 3 is 1.78 bits per heavy atom. The Hall–Kier alpha value is -0.286. The lowest BCUT2D eigenvalue weighted by Crippen LogP contribution is -2.29. The number of rotatable bonds is 2. The summed E-state index contributed by atoms with van der Waals surface area (Å²) in [6.07, 6.45) is 5.01. The number of allylic oxidation sites excluding steroid dienone is 3. The van der Waals surface area contributed by atoms with Crippen molar-refractivity contribution in [2.45, 2.75) is 65.0 Å². The molecule has 0 saturated heterocycles. The van der Waals surface area contributed by atoms with Crippen molar-refractivity contribution in [1.82, 2.24) is 0 Å². The predicted molar refractivity (Wildman–Crippen MR) is 85.1 cm³/mol. The van der Waals surface area contributed by atoms with Crippen LogP contribution in [-0.4, -0.2) is 21.3 Å². The first kappa shape index (κ1) is 14.1. The molecular weight excluding hydrogens is 252 g/mol. The largest absolute Gasteiger partial charge is 0.509 e. The van der Waals surface area contributed by atoms with Crippen LogP contribution in [0.5, 0.6) is 0 Å². The van der Waals surface area contributed by atoms with Gasteiger partial charge < -0.3 is 5.11 Å². The third-order valence-electron chi connectivity index (χ3n) is 4.04. The monoisotopic (exact) mass is 279 g/mol. The molecule has 0 heterocycles. The molecule has 1 radical (unpaired) electrons. The summed E-state index contributed by atoms with van der Waals surface area (Å²) in [4.78, 5) is 0. The zero-order valence-electron chi connectivity index (χ0n) is 12.8. The fourth-order valence-electron chi connectivity index (χ4n) is 3.48. The maximum Gasteiger partial charge on any atom is 0.111 e. The van der Waals surface area contributed by atoms with Crippen molar-refractivity contribution in [3.63, 3.8) is 0 Å². The van der Waals surface area contributed by atoms with Gasteiger partial charge in [0.25, 0.3) is 0 Å². The lowest BCUT2D eigenvalue weighted by Gasteiger charge is -2.30. The van der Waals surface area contributed by atoms with Crippen molar-refractivity contribution >= 4 is 16.1 Å². The van der Waals surface area contributed by atoms with Crippen LogP contribution in [0.4, 0.5) is 0 Å². The molecule has 1 nitrogen and oxygen atoms in total. The van der Waals surface area contributed by atoms with E-state index in [0.29, 0.717) is 5.76 Å². The molecule has 0 amide bonds. The summed E-state index contributed by atoms with van der Waals surface area (Å²) in [6.45, 7) is 14.2. The minimum atomic E-state index is -1.44. The minimum Gasteiger partial charge on any atom is -0.509 e. The predicted octanol–water partition coefficient (Wildman–Crippen LogP) is 5.01. The summed E-state index contributed by atoms with van der Waals surface area (Å²) in [7, 11) is -2.89. The van der Waals surface area contributed by atoms with E-state index in [1.165, 1.54) is 36.1 Å². The normalized spacial score (nSPS) is 22.8. The molecule has 3 heteroatoms. The molecule has 1 saturated carbocycles. The molecular formula is C15H27OSi2. The van der Waals surface area contributed by atoms with Gasteiger partial charge in [-0.25, -0.2) is 0 Å². The molecule has 18 heavy (non-hydrogen) atoms. The fourth-order valence-corrected chi connectivity index (χ4v) is 7.64. The first-order valence-corrected chi connectivity index (χ1v) is 14.2. The van der Waals surface area contributed by atoms with Gasteiger partial charge in [0.05, 0.1) is 16.1 Å². The van der Waals surface area contributed by atoms with Crippen molar-refractivity contribution in [2.24, 2.45) is 0 Å². The second-order valence-electron chi connectivity index (χ2n) is 7.76. The van der Waals surface area contributed by atoms with Crippen molar-refractivity contribution in [2.75, 3.05) is 0 Å². The Bertz CT molecular complexity index is 419. The molecule has 0 aromatic carbocycles. The van der Waals surface area contributed by atoms with E-state index < -0.39 is 16.1 Å². The molecule has 2 aliphatic carbocycles. The van der Waals surface area contributed by atoms with Crippen LogP contribution in [0.2, 0.25) is 39.3 Å². The Morgan fingerprint density at radius 2 is 1.28 bits per heavy atom. The summed E-state index contributed by atoms with van der Waals surface area (Å²) >= 11 is 0. The quantitative estimate of drug-likeness (QED) is 0.704. The molecule has 0 bridgehead atoms. The lowest BCUT2D eigenvalue weighted by atomic mass is 9.86. The van der Waals surface area contributed by atoms with Crippen molar-refractivity contribution in [3.05, 3.63) is 27.6 Å². The summed E-state index contributed by atoms with van der Waals surface area (Å²) < 4.78 is 0. The highest BCUT2D eigenvalue weighted by Gasteiger charge is 2.44. The second-order valence-corrected chi connectivity index (χ2v) is 17.8. The van der Waals surface area contributed by atoms with Gasteiger partial charge in [-0.2, -0.15) is 0 Å². The number of hydrogen-bond acceptors (Lipinski definition) is 1. The van der Waals surface area contributed by atoms with E-state index >= 15 is 0 Å². The third kappa shape index (κ3) is 2.27. The molecule has 0 aromatic heterocycles. The summed E-state index contributed by atoms with van der Waals surface area (Å²) in [5.74, 6) is 2.26. The molecule has 2 rings (SSSR count). The van der Waals surface area contributed by atoms with Crippen LogP contribution >= 0.6 is 0 Å². The van der Waals surface area contributed by atoms with Gasteiger partial charge >= 0.3 is 0 Å². The molecule has 0 aliphatic heterocycles. The van der Waals surface area contributed by atoms with Gasteiger partial charge in [0.2, 0.25) is 0 Å². The molecule has 0 spiro atoms. The number of aliphatic hydroxyl groups excluding tert-OH is 1. The Labute approximate surface area is 114 Å². The van der Waals surface area contributed by atoms with Gasteiger partial charge in [-0.15, -0.1) is 0 Å². The Morgan fingerprint density at radius 1 is 0.778 bits per heavy atom. The highest BCUT2D eigenvalue weighted by Crippen LogP contribution is 2.51. The van der Waals surface area contributed by atoms with E-state index in [9.17, 15) is 5.11 Å².